The zero-order valence-corrected chi connectivity index (χ0v) is 26.7. The number of ether oxygens (including phenoxy) is 1. The first-order valence-corrected chi connectivity index (χ1v) is 15.9. The molecule has 0 unspecified atom stereocenters. The van der Waals surface area contributed by atoms with Gasteiger partial charge in [0, 0.05) is 22.6 Å². The summed E-state index contributed by atoms with van der Waals surface area (Å²) in [6.07, 6.45) is 0. The van der Waals surface area contributed by atoms with Crippen LogP contribution in [0.15, 0.2) is 82.2 Å². The van der Waals surface area contributed by atoms with Gasteiger partial charge >= 0.3 is 0 Å². The second-order valence-corrected chi connectivity index (χ2v) is 13.1. The van der Waals surface area contributed by atoms with Crippen molar-refractivity contribution in [3.05, 3.63) is 87.9 Å². The van der Waals surface area contributed by atoms with Gasteiger partial charge in [0.15, 0.2) is 0 Å². The summed E-state index contributed by atoms with van der Waals surface area (Å²) >= 11 is 9.42. The van der Waals surface area contributed by atoms with Crippen LogP contribution in [0, 0.1) is 5.92 Å². The van der Waals surface area contributed by atoms with Crippen LogP contribution in [0.3, 0.4) is 0 Å². The molecule has 0 saturated heterocycles. The van der Waals surface area contributed by atoms with E-state index in [0.717, 1.165) is 14.3 Å². The summed E-state index contributed by atoms with van der Waals surface area (Å²) in [5.41, 5.74) is 1.07. The quantitative estimate of drug-likeness (QED) is 0.246. The third-order valence-corrected chi connectivity index (χ3v) is 8.80. The number of nitrogens with zero attached hydrogens (tertiary/aromatic N) is 2. The van der Waals surface area contributed by atoms with Gasteiger partial charge in [-0.05, 0) is 86.0 Å². The predicted molar refractivity (Wildman–Crippen MR) is 166 cm³/mol. The number of hydrogen-bond donors (Lipinski definition) is 1. The van der Waals surface area contributed by atoms with E-state index in [0.29, 0.717) is 23.9 Å². The highest BCUT2D eigenvalue weighted by Gasteiger charge is 2.32. The van der Waals surface area contributed by atoms with Crippen molar-refractivity contribution < 1.29 is 22.7 Å². The lowest BCUT2D eigenvalue weighted by atomic mass is 10.1. The zero-order chi connectivity index (χ0) is 30.2. The minimum Gasteiger partial charge on any atom is -0.494 e. The highest BCUT2D eigenvalue weighted by molar-refractivity contribution is 9.10. The summed E-state index contributed by atoms with van der Waals surface area (Å²) in [6.45, 7) is 7.93. The van der Waals surface area contributed by atoms with Gasteiger partial charge in [0.1, 0.15) is 18.3 Å². The van der Waals surface area contributed by atoms with Gasteiger partial charge in [-0.1, -0.05) is 53.5 Å². The summed E-state index contributed by atoms with van der Waals surface area (Å²) in [5, 5.41) is 3.26. The molecule has 41 heavy (non-hydrogen) atoms. The van der Waals surface area contributed by atoms with Crippen LogP contribution >= 0.6 is 27.5 Å². The first-order chi connectivity index (χ1) is 19.4. The molecule has 0 saturated carbocycles. The number of halogens is 2. The van der Waals surface area contributed by atoms with Crippen molar-refractivity contribution >= 4 is 55.1 Å². The lowest BCUT2D eigenvalue weighted by Gasteiger charge is -2.32. The lowest BCUT2D eigenvalue weighted by molar-refractivity contribution is -0.139. The second kappa shape index (κ2) is 14.7. The third kappa shape index (κ3) is 8.95. The molecule has 2 amide bonds. The topological polar surface area (TPSA) is 96.0 Å². The molecule has 3 aromatic rings. The zero-order valence-electron chi connectivity index (χ0n) is 23.5. The van der Waals surface area contributed by atoms with Gasteiger partial charge < -0.3 is 15.0 Å². The molecule has 0 bridgehead atoms. The molecular weight excluding hydrogens is 630 g/mol. The predicted octanol–water partition coefficient (Wildman–Crippen LogP) is 5.89. The molecule has 0 radical (unpaired) electrons. The third-order valence-electron chi connectivity index (χ3n) is 6.23. The Hall–Kier alpha value is -3.08. The minimum atomic E-state index is -4.19. The molecule has 0 fully saturated rings. The van der Waals surface area contributed by atoms with Crippen LogP contribution in [0.4, 0.5) is 5.69 Å². The standard InChI is InChI=1S/C30H35BrClN3O5S/c1-5-40-27-14-12-26(13-15-27)35(41(38,39)28-16-10-25(32)11-17-28)20-29(36)34(19-23-6-8-24(31)9-7-23)22(4)30(37)33-18-21(2)3/h6-17,21-22H,5,18-20H2,1-4H3,(H,33,37)/t22-/m0/s1. The highest BCUT2D eigenvalue weighted by atomic mass is 79.9. The average Bonchev–Trinajstić information content (AvgIpc) is 2.94. The summed E-state index contributed by atoms with van der Waals surface area (Å²) < 4.78 is 35.2. The number of amides is 2. The smallest absolute Gasteiger partial charge is 0.264 e. The van der Waals surface area contributed by atoms with E-state index in [1.807, 2.05) is 45.0 Å². The Morgan fingerprint density at radius 1 is 0.951 bits per heavy atom. The number of benzene rings is 3. The SMILES string of the molecule is CCOc1ccc(N(CC(=O)N(Cc2ccc(Br)cc2)[C@@H](C)C(=O)NCC(C)C)S(=O)(=O)c2ccc(Cl)cc2)cc1. The van der Waals surface area contributed by atoms with Gasteiger partial charge in [-0.2, -0.15) is 0 Å². The van der Waals surface area contributed by atoms with E-state index < -0.39 is 28.5 Å². The Kier molecular flexibility index (Phi) is 11.6. The van der Waals surface area contributed by atoms with E-state index in [1.54, 1.807) is 31.2 Å². The summed E-state index contributed by atoms with van der Waals surface area (Å²) in [4.78, 5) is 28.4. The lowest BCUT2D eigenvalue weighted by Crippen LogP contribution is -2.51. The van der Waals surface area contributed by atoms with Gasteiger partial charge in [-0.3, -0.25) is 13.9 Å². The van der Waals surface area contributed by atoms with Crippen LogP contribution in [-0.4, -0.2) is 50.9 Å². The summed E-state index contributed by atoms with van der Waals surface area (Å²) in [6, 6.07) is 18.7. The van der Waals surface area contributed by atoms with E-state index in [9.17, 15) is 18.0 Å². The van der Waals surface area contributed by atoms with Crippen LogP contribution in [0.25, 0.3) is 0 Å². The van der Waals surface area contributed by atoms with E-state index in [2.05, 4.69) is 21.2 Å². The number of nitrogens with one attached hydrogen (secondary N) is 1. The average molecular weight is 665 g/mol. The largest absolute Gasteiger partial charge is 0.494 e. The van der Waals surface area contributed by atoms with Crippen LogP contribution in [0.2, 0.25) is 5.02 Å². The Bertz CT molecular complexity index is 1420. The number of carbonyl (C=O) groups excluding carboxylic acids is 2. The fourth-order valence-corrected chi connectivity index (χ4v) is 5.76. The molecule has 11 heteroatoms. The fraction of sp³-hybridized carbons (Fsp3) is 0.333. The van der Waals surface area contributed by atoms with Crippen molar-refractivity contribution in [2.45, 2.75) is 45.2 Å². The minimum absolute atomic E-state index is 0.0224. The molecule has 0 aliphatic rings. The normalized spacial score (nSPS) is 12.1. The number of rotatable bonds is 13. The Labute approximate surface area is 255 Å². The molecule has 1 N–H and O–H groups in total. The molecule has 0 aromatic heterocycles. The first-order valence-electron chi connectivity index (χ1n) is 13.2. The van der Waals surface area contributed by atoms with Crippen LogP contribution in [0.1, 0.15) is 33.3 Å². The van der Waals surface area contributed by atoms with Crippen LogP contribution < -0.4 is 14.4 Å². The van der Waals surface area contributed by atoms with Crippen LogP contribution in [0.5, 0.6) is 5.75 Å². The number of anilines is 1. The van der Waals surface area contributed by atoms with E-state index in [1.165, 1.54) is 29.2 Å². The molecule has 0 heterocycles. The van der Waals surface area contributed by atoms with Gasteiger partial charge in [0.05, 0.1) is 17.2 Å². The maximum Gasteiger partial charge on any atom is 0.264 e. The monoisotopic (exact) mass is 663 g/mol. The summed E-state index contributed by atoms with van der Waals surface area (Å²) in [5.74, 6) is -0.0657. The molecule has 0 aliphatic carbocycles. The van der Waals surface area contributed by atoms with E-state index >= 15 is 0 Å². The van der Waals surface area contributed by atoms with Gasteiger partial charge in [0.2, 0.25) is 11.8 Å². The molecular formula is C30H35BrClN3O5S. The fourth-order valence-electron chi connectivity index (χ4n) is 3.96. The maximum absolute atomic E-state index is 14.0. The van der Waals surface area contributed by atoms with Crippen molar-refractivity contribution in [3.63, 3.8) is 0 Å². The molecule has 8 nitrogen and oxygen atoms in total. The molecule has 0 spiro atoms. The van der Waals surface area contributed by atoms with Gasteiger partial charge in [-0.15, -0.1) is 0 Å². The number of carbonyl (C=O) groups is 2. The van der Waals surface area contributed by atoms with E-state index in [4.69, 9.17) is 16.3 Å². The van der Waals surface area contributed by atoms with Crippen molar-refractivity contribution in [2.75, 3.05) is 24.0 Å². The second-order valence-electron chi connectivity index (χ2n) is 9.86. The first kappa shape index (κ1) is 32.4. The number of sulfonamides is 1. The number of hydrogen-bond acceptors (Lipinski definition) is 5. The van der Waals surface area contributed by atoms with Crippen molar-refractivity contribution in [1.29, 1.82) is 0 Å². The van der Waals surface area contributed by atoms with E-state index in [-0.39, 0.29) is 29.0 Å². The van der Waals surface area contributed by atoms with Crippen LogP contribution in [-0.2, 0) is 26.2 Å². The van der Waals surface area contributed by atoms with Gasteiger partial charge in [0.25, 0.3) is 10.0 Å². The van der Waals surface area contributed by atoms with Crippen molar-refractivity contribution in [1.82, 2.24) is 10.2 Å². The molecule has 3 aromatic carbocycles. The summed E-state index contributed by atoms with van der Waals surface area (Å²) in [7, 11) is -4.19. The van der Waals surface area contributed by atoms with Crippen molar-refractivity contribution in [3.8, 4) is 5.75 Å². The molecule has 1 atom stereocenters. The molecule has 3 rings (SSSR count). The Morgan fingerprint density at radius 2 is 1.56 bits per heavy atom. The highest BCUT2D eigenvalue weighted by Crippen LogP contribution is 2.27. The van der Waals surface area contributed by atoms with Crippen molar-refractivity contribution in [2.24, 2.45) is 5.92 Å². The van der Waals surface area contributed by atoms with Gasteiger partial charge in [-0.25, -0.2) is 8.42 Å². The Morgan fingerprint density at radius 3 is 2.12 bits per heavy atom. The Balaban J connectivity index is 2.01. The molecule has 220 valence electrons. The maximum atomic E-state index is 14.0. The molecule has 0 aliphatic heterocycles.